The fraction of sp³-hybridized carbons (Fsp3) is 0.350. The van der Waals surface area contributed by atoms with Crippen LogP contribution in [0.2, 0.25) is 10.0 Å². The molecule has 1 N–H and O–H groups in total. The van der Waals surface area contributed by atoms with Crippen molar-refractivity contribution in [1.82, 2.24) is 29.5 Å². The van der Waals surface area contributed by atoms with Gasteiger partial charge >= 0.3 is 17.1 Å². The minimum atomic E-state index is -2.87. The van der Waals surface area contributed by atoms with Gasteiger partial charge in [-0.25, -0.2) is 23.4 Å². The third-order valence-corrected chi connectivity index (χ3v) is 11.2. The van der Waals surface area contributed by atoms with Crippen molar-refractivity contribution >= 4 is 51.9 Å². The number of ether oxygens (including phenoxy) is 2. The molecule has 1 aliphatic carbocycles. The van der Waals surface area contributed by atoms with Gasteiger partial charge in [0.1, 0.15) is 11.5 Å². The van der Waals surface area contributed by atoms with E-state index in [0.717, 1.165) is 60.6 Å². The Bertz CT molecular complexity index is 2300. The molecule has 11 nitrogen and oxygen atoms in total. The van der Waals surface area contributed by atoms with Crippen LogP contribution in [-0.4, -0.2) is 83.0 Å². The largest absolute Gasteiger partial charge is 2.00 e. The van der Waals surface area contributed by atoms with E-state index in [9.17, 15) is 18.4 Å². The Hall–Kier alpha value is -4.17. The van der Waals surface area contributed by atoms with Crippen molar-refractivity contribution < 1.29 is 40.1 Å². The number of anilines is 2. The number of hydrogen-bond donors (Lipinski definition) is 1. The van der Waals surface area contributed by atoms with Crippen molar-refractivity contribution in [1.29, 1.82) is 0 Å². The molecule has 2 aliphatic rings. The molecule has 1 amide bonds. The second-order valence-corrected chi connectivity index (χ2v) is 14.4. The topological polar surface area (TPSA) is 115 Å². The third-order valence-electron chi connectivity index (χ3n) is 10.4. The SMILES string of the molecule is COCCN([C-]=O)CC[C-]1CCN(C2CCc3cc(-c4cccc(-c5cccc(Nc6nc(C(F)F)cc7cnn(C)c(=O)c67)c5Cl)c4Cl)nc(OC)c32)C1.[Mn+2]. The fourth-order valence-electron chi connectivity index (χ4n) is 7.53. The average Bonchev–Trinajstić information content (AvgIpc) is 3.84. The van der Waals surface area contributed by atoms with E-state index in [4.69, 9.17) is 37.7 Å². The maximum absolute atomic E-state index is 13.8. The van der Waals surface area contributed by atoms with Crippen LogP contribution in [0.3, 0.4) is 0 Å². The van der Waals surface area contributed by atoms with Gasteiger partial charge in [-0.15, -0.1) is 6.54 Å². The molecule has 4 heterocycles. The standard InChI is InChI=1S/C40H39Cl2F2N7O4.Mn/c1-49-40(53)34-25(20-45-49)19-31(37(43)44)47-38(34)46-29-9-5-7-27(36(29)42)26-6-4-8-28(35(26)41)30-18-24-10-11-32(33(24)39(48-30)55-3)51-15-13-23(21-51)12-14-50(22-52)16-17-54-2;/h4-9,18-20,32,37H,10-17,21H2,1-3H3,(H,46,47);/q-2;+2. The number of aryl methyl sites for hydroxylation is 2. The van der Waals surface area contributed by atoms with Crippen molar-refractivity contribution in [3.63, 3.8) is 0 Å². The van der Waals surface area contributed by atoms with Crippen molar-refractivity contribution in [2.75, 3.05) is 52.3 Å². The van der Waals surface area contributed by atoms with E-state index in [1.165, 1.54) is 19.2 Å². The number of aromatic nitrogens is 4. The van der Waals surface area contributed by atoms with Gasteiger partial charge in [0.15, 0.2) is 0 Å². The predicted molar refractivity (Wildman–Crippen MR) is 209 cm³/mol. The summed E-state index contributed by atoms with van der Waals surface area (Å²) in [5.41, 5.74) is 4.13. The van der Waals surface area contributed by atoms with Crippen LogP contribution in [-0.2, 0) is 40.1 Å². The molecule has 2 aromatic carbocycles. The minimum absolute atomic E-state index is 0. The van der Waals surface area contributed by atoms with Gasteiger partial charge < -0.3 is 29.4 Å². The van der Waals surface area contributed by atoms with Crippen LogP contribution in [0.15, 0.2) is 59.5 Å². The van der Waals surface area contributed by atoms with Crippen LogP contribution in [0.5, 0.6) is 5.88 Å². The van der Waals surface area contributed by atoms with Crippen molar-refractivity contribution in [2.24, 2.45) is 7.05 Å². The average molecular weight is 846 g/mol. The predicted octanol–water partition coefficient (Wildman–Crippen LogP) is 7.72. The normalized spacial score (nSPS) is 15.6. The Morgan fingerprint density at radius 1 is 1.07 bits per heavy atom. The maximum atomic E-state index is 13.8. The van der Waals surface area contributed by atoms with Crippen molar-refractivity contribution in [3.8, 4) is 28.3 Å². The van der Waals surface area contributed by atoms with Gasteiger partial charge in [0.2, 0.25) is 5.88 Å². The summed E-state index contributed by atoms with van der Waals surface area (Å²) in [5.74, 6) is 1.90. The first kappa shape index (κ1) is 41.5. The van der Waals surface area contributed by atoms with Crippen LogP contribution in [0.1, 0.15) is 48.6 Å². The number of methoxy groups -OCH3 is 2. The van der Waals surface area contributed by atoms with Crippen LogP contribution < -0.4 is 15.6 Å². The zero-order valence-electron chi connectivity index (χ0n) is 30.9. The van der Waals surface area contributed by atoms with Crippen LogP contribution >= 0.6 is 23.2 Å². The summed E-state index contributed by atoms with van der Waals surface area (Å²) in [6.45, 7) is 3.42. The summed E-state index contributed by atoms with van der Waals surface area (Å²) in [6.07, 6.45) is 4.09. The number of fused-ring (bicyclic) bond motifs is 2. The molecule has 293 valence electrons. The van der Waals surface area contributed by atoms with Crippen molar-refractivity contribution in [2.45, 2.75) is 38.2 Å². The molecule has 5 aromatic rings. The third kappa shape index (κ3) is 8.27. The van der Waals surface area contributed by atoms with Crippen molar-refractivity contribution in [3.05, 3.63) is 97.9 Å². The molecule has 1 aliphatic heterocycles. The monoisotopic (exact) mass is 844 g/mol. The first-order chi connectivity index (χ1) is 26.6. The Morgan fingerprint density at radius 3 is 2.55 bits per heavy atom. The zero-order chi connectivity index (χ0) is 38.8. The number of nitrogens with zero attached hydrogens (tertiary/aromatic N) is 6. The van der Waals surface area contributed by atoms with Gasteiger partial charge in [-0.05, 0) is 49.7 Å². The van der Waals surface area contributed by atoms with Gasteiger partial charge in [0.25, 0.3) is 12.0 Å². The summed E-state index contributed by atoms with van der Waals surface area (Å²) in [5, 5.41) is 8.00. The number of amides is 1. The number of rotatable bonds is 14. The summed E-state index contributed by atoms with van der Waals surface area (Å²) < 4.78 is 39.8. The summed E-state index contributed by atoms with van der Waals surface area (Å²) in [6, 6.07) is 14.2. The first-order valence-corrected chi connectivity index (χ1v) is 18.6. The molecule has 1 fully saturated rings. The molecule has 0 bridgehead atoms. The van der Waals surface area contributed by atoms with Gasteiger partial charge in [0.05, 0.1) is 46.7 Å². The van der Waals surface area contributed by atoms with E-state index in [1.54, 1.807) is 37.3 Å². The summed E-state index contributed by atoms with van der Waals surface area (Å²) >= 11 is 14.2. The summed E-state index contributed by atoms with van der Waals surface area (Å²) in [4.78, 5) is 37.6. The molecule has 7 rings (SSSR count). The maximum Gasteiger partial charge on any atom is 2.00 e. The van der Waals surface area contributed by atoms with Gasteiger partial charge in [-0.2, -0.15) is 24.4 Å². The molecule has 56 heavy (non-hydrogen) atoms. The van der Waals surface area contributed by atoms with Crippen LogP contribution in [0.25, 0.3) is 33.2 Å². The number of nitrogens with one attached hydrogen (secondary N) is 1. The molecule has 1 radical (unpaired) electrons. The number of likely N-dealkylation sites (tertiary alicyclic amines) is 1. The van der Waals surface area contributed by atoms with E-state index in [0.29, 0.717) is 58.7 Å². The molecule has 0 saturated carbocycles. The van der Waals surface area contributed by atoms with Gasteiger partial charge in [-0.1, -0.05) is 53.5 Å². The molecule has 1 saturated heterocycles. The quantitative estimate of drug-likeness (QED) is 0.0682. The first-order valence-electron chi connectivity index (χ1n) is 17.9. The van der Waals surface area contributed by atoms with Gasteiger partial charge in [0, 0.05) is 54.4 Å². The number of benzene rings is 2. The fourth-order valence-corrected chi connectivity index (χ4v) is 8.13. The number of pyridine rings is 2. The number of alkyl halides is 2. The van der Waals surface area contributed by atoms with E-state index >= 15 is 0 Å². The van der Waals surface area contributed by atoms with Crippen LogP contribution in [0, 0.1) is 5.92 Å². The second kappa shape index (κ2) is 18.0. The smallest absolute Gasteiger partial charge is 0.520 e. The van der Waals surface area contributed by atoms with E-state index < -0.39 is 17.7 Å². The van der Waals surface area contributed by atoms with Gasteiger partial charge in [-0.3, -0.25) is 10.7 Å². The molecule has 1 unspecified atom stereocenters. The number of carbonyl (C=O) groups excluding carboxylic acids is 1. The zero-order valence-corrected chi connectivity index (χ0v) is 33.6. The molecule has 0 spiro atoms. The van der Waals surface area contributed by atoms with E-state index in [2.05, 4.69) is 26.4 Å². The van der Waals surface area contributed by atoms with E-state index in [1.807, 2.05) is 24.6 Å². The Balaban J connectivity index is 0.00000532. The van der Waals surface area contributed by atoms with E-state index in [-0.39, 0.29) is 44.7 Å². The second-order valence-electron chi connectivity index (χ2n) is 13.6. The minimum Gasteiger partial charge on any atom is -0.520 e. The Kier molecular flexibility index (Phi) is 13.3. The molecular weight excluding hydrogens is 806 g/mol. The molecule has 3 aromatic heterocycles. The number of hydrogen-bond acceptors (Lipinski definition) is 9. The van der Waals surface area contributed by atoms with Crippen LogP contribution in [0.4, 0.5) is 20.3 Å². The molecule has 16 heteroatoms. The summed E-state index contributed by atoms with van der Waals surface area (Å²) in [7, 11) is 4.72. The number of halogens is 4. The molecular formula is C40H39Cl2F2MnN7O4. The Morgan fingerprint density at radius 2 is 1.82 bits per heavy atom. The Labute approximate surface area is 343 Å². The molecule has 1 atom stereocenters.